The van der Waals surface area contributed by atoms with Crippen LogP contribution < -0.4 is 4.74 Å². The van der Waals surface area contributed by atoms with Gasteiger partial charge < -0.3 is 4.74 Å². The van der Waals surface area contributed by atoms with Gasteiger partial charge in [0.25, 0.3) is 0 Å². The number of rotatable bonds is 5. The molecule has 3 nitrogen and oxygen atoms in total. The van der Waals surface area contributed by atoms with E-state index in [1.807, 2.05) is 12.1 Å². The lowest BCUT2D eigenvalue weighted by atomic mass is 9.80. The van der Waals surface area contributed by atoms with E-state index in [2.05, 4.69) is 0 Å². The van der Waals surface area contributed by atoms with Crippen molar-refractivity contribution in [2.24, 2.45) is 11.8 Å². The number of carbonyl (C=O) groups is 1. The van der Waals surface area contributed by atoms with E-state index in [-0.39, 0.29) is 17.6 Å². The van der Waals surface area contributed by atoms with Crippen LogP contribution in [-0.4, -0.2) is 5.97 Å². The van der Waals surface area contributed by atoms with Crippen LogP contribution in [-0.2, 0) is 4.79 Å². The summed E-state index contributed by atoms with van der Waals surface area (Å²) in [5, 5.41) is 8.42. The van der Waals surface area contributed by atoms with Gasteiger partial charge in [0.05, 0.1) is 12.0 Å². The van der Waals surface area contributed by atoms with Gasteiger partial charge in [0.15, 0.2) is 11.6 Å². The Bertz CT molecular complexity index is 614. The fraction of sp³-hybridized carbons (Fsp3) is 0.444. The number of hydrogen-bond acceptors (Lipinski definition) is 3. The highest BCUT2D eigenvalue weighted by Gasteiger charge is 2.27. The average Bonchev–Trinajstić information content (AvgIpc) is 2.55. The molecule has 1 aliphatic carbocycles. The fourth-order valence-corrected chi connectivity index (χ4v) is 2.89. The van der Waals surface area contributed by atoms with Gasteiger partial charge in [-0.1, -0.05) is 6.08 Å². The summed E-state index contributed by atoms with van der Waals surface area (Å²) in [6.07, 6.45) is 8.62. The third-order valence-electron chi connectivity index (χ3n) is 4.22. The quantitative estimate of drug-likeness (QED) is 0.455. The van der Waals surface area contributed by atoms with Crippen LogP contribution in [0.5, 0.6) is 5.75 Å². The van der Waals surface area contributed by atoms with E-state index in [4.69, 9.17) is 10.00 Å². The normalized spacial score (nSPS) is 21.1. The molecule has 0 N–H and O–H groups in total. The van der Waals surface area contributed by atoms with Crippen molar-refractivity contribution in [2.45, 2.75) is 38.5 Å². The zero-order chi connectivity index (χ0) is 16.7. The van der Waals surface area contributed by atoms with Crippen LogP contribution in [0.15, 0.2) is 30.4 Å². The molecule has 1 aromatic rings. The molecule has 0 aromatic heterocycles. The molecule has 0 amide bonds. The van der Waals surface area contributed by atoms with Gasteiger partial charge in [-0.3, -0.25) is 4.79 Å². The minimum atomic E-state index is -1.02. The molecule has 1 aliphatic rings. The summed E-state index contributed by atoms with van der Waals surface area (Å²) < 4.78 is 31.1. The standard InChI is InChI=1S/C18H19F2NO2/c19-16-10-9-15(12-17(16)20)23-18(22)14-7-5-13(6-8-14)4-2-1-3-11-21/h1,3,9-10,12-14H,2,4-8H2/b3-1+. The van der Waals surface area contributed by atoms with Crippen molar-refractivity contribution < 1.29 is 18.3 Å². The summed E-state index contributed by atoms with van der Waals surface area (Å²) in [5.41, 5.74) is 0. The zero-order valence-electron chi connectivity index (χ0n) is 12.8. The van der Waals surface area contributed by atoms with E-state index in [1.54, 1.807) is 0 Å². The predicted molar refractivity (Wildman–Crippen MR) is 81.4 cm³/mol. The molecule has 0 unspecified atom stereocenters. The number of esters is 1. The molecule has 1 aromatic carbocycles. The van der Waals surface area contributed by atoms with Gasteiger partial charge in [-0.15, -0.1) is 0 Å². The Morgan fingerprint density at radius 1 is 1.26 bits per heavy atom. The van der Waals surface area contributed by atoms with Gasteiger partial charge in [-0.2, -0.15) is 5.26 Å². The van der Waals surface area contributed by atoms with Crippen LogP contribution in [0.4, 0.5) is 8.78 Å². The molecule has 23 heavy (non-hydrogen) atoms. The van der Waals surface area contributed by atoms with E-state index in [0.29, 0.717) is 5.92 Å². The lowest BCUT2D eigenvalue weighted by Crippen LogP contribution is -2.25. The number of ether oxygens (including phenoxy) is 1. The zero-order valence-corrected chi connectivity index (χ0v) is 12.8. The second-order valence-electron chi connectivity index (χ2n) is 5.82. The highest BCUT2D eigenvalue weighted by molar-refractivity contribution is 5.75. The van der Waals surface area contributed by atoms with E-state index in [9.17, 15) is 13.6 Å². The van der Waals surface area contributed by atoms with E-state index in [0.717, 1.165) is 50.7 Å². The summed E-state index contributed by atoms with van der Waals surface area (Å²) >= 11 is 0. The first-order valence-corrected chi connectivity index (χ1v) is 7.81. The van der Waals surface area contributed by atoms with Gasteiger partial charge in [0.2, 0.25) is 0 Å². The van der Waals surface area contributed by atoms with Crippen LogP contribution in [0.1, 0.15) is 38.5 Å². The molecule has 0 saturated heterocycles. The Labute approximate surface area is 134 Å². The van der Waals surface area contributed by atoms with Crippen LogP contribution in [0, 0.1) is 34.8 Å². The summed E-state index contributed by atoms with van der Waals surface area (Å²) in [4.78, 5) is 12.1. The Morgan fingerprint density at radius 3 is 2.65 bits per heavy atom. The third-order valence-corrected chi connectivity index (χ3v) is 4.22. The fourth-order valence-electron chi connectivity index (χ4n) is 2.89. The molecule has 1 saturated carbocycles. The van der Waals surface area contributed by atoms with Crippen molar-refractivity contribution in [1.29, 1.82) is 5.26 Å². The molecule has 0 heterocycles. The van der Waals surface area contributed by atoms with Crippen molar-refractivity contribution in [3.05, 3.63) is 42.0 Å². The Hall–Kier alpha value is -2.22. The van der Waals surface area contributed by atoms with Gasteiger partial charge in [-0.25, -0.2) is 8.78 Å². The Kier molecular flexibility index (Phi) is 6.28. The molecule has 0 bridgehead atoms. The molecule has 122 valence electrons. The maximum absolute atomic E-state index is 13.1. The topological polar surface area (TPSA) is 50.1 Å². The second-order valence-corrected chi connectivity index (χ2v) is 5.82. The van der Waals surface area contributed by atoms with Crippen molar-refractivity contribution >= 4 is 5.97 Å². The second kappa shape index (κ2) is 8.42. The molecule has 0 aliphatic heterocycles. The lowest BCUT2D eigenvalue weighted by molar-refractivity contribution is -0.140. The largest absolute Gasteiger partial charge is 0.426 e. The van der Waals surface area contributed by atoms with E-state index in [1.165, 1.54) is 12.1 Å². The Balaban J connectivity index is 1.78. The van der Waals surface area contributed by atoms with E-state index >= 15 is 0 Å². The number of halogens is 2. The maximum atomic E-state index is 13.1. The summed E-state index contributed by atoms with van der Waals surface area (Å²) in [5.74, 6) is -1.95. The third kappa shape index (κ3) is 5.17. The average molecular weight is 319 g/mol. The summed E-state index contributed by atoms with van der Waals surface area (Å²) in [6, 6.07) is 5.06. The molecular formula is C18H19F2NO2. The van der Waals surface area contributed by atoms with E-state index < -0.39 is 11.6 Å². The van der Waals surface area contributed by atoms with Crippen molar-refractivity contribution in [3.8, 4) is 11.8 Å². The van der Waals surface area contributed by atoms with Crippen molar-refractivity contribution in [1.82, 2.24) is 0 Å². The first kappa shape index (κ1) is 17.1. The number of benzene rings is 1. The molecule has 5 heteroatoms. The minimum Gasteiger partial charge on any atom is -0.426 e. The number of nitriles is 1. The number of carbonyl (C=O) groups excluding carboxylic acids is 1. The first-order valence-electron chi connectivity index (χ1n) is 7.81. The minimum absolute atomic E-state index is 0.0395. The van der Waals surface area contributed by atoms with Gasteiger partial charge >= 0.3 is 5.97 Å². The first-order chi connectivity index (χ1) is 11.1. The van der Waals surface area contributed by atoms with Gasteiger partial charge in [0, 0.05) is 12.1 Å². The van der Waals surface area contributed by atoms with Crippen LogP contribution in [0.25, 0.3) is 0 Å². The van der Waals surface area contributed by atoms with Gasteiger partial charge in [0.1, 0.15) is 5.75 Å². The van der Waals surface area contributed by atoms with Crippen LogP contribution in [0.2, 0.25) is 0 Å². The lowest BCUT2D eigenvalue weighted by Gasteiger charge is -2.26. The highest BCUT2D eigenvalue weighted by Crippen LogP contribution is 2.32. The smallest absolute Gasteiger partial charge is 0.314 e. The predicted octanol–water partition coefficient (Wildman–Crippen LogP) is 4.54. The van der Waals surface area contributed by atoms with Crippen molar-refractivity contribution in [3.63, 3.8) is 0 Å². The number of nitrogens with zero attached hydrogens (tertiary/aromatic N) is 1. The SMILES string of the molecule is N#C/C=C/CCC1CCC(C(=O)Oc2ccc(F)c(F)c2)CC1. The molecule has 0 spiro atoms. The number of allylic oxidation sites excluding steroid dienone is 2. The van der Waals surface area contributed by atoms with Crippen LogP contribution in [0.3, 0.4) is 0 Å². The monoisotopic (exact) mass is 319 g/mol. The molecule has 2 rings (SSSR count). The highest BCUT2D eigenvalue weighted by atomic mass is 19.2. The van der Waals surface area contributed by atoms with Gasteiger partial charge in [-0.05, 0) is 56.6 Å². The maximum Gasteiger partial charge on any atom is 0.314 e. The Morgan fingerprint density at radius 2 is 2.00 bits per heavy atom. The molecule has 0 radical (unpaired) electrons. The molecular weight excluding hydrogens is 300 g/mol. The number of hydrogen-bond donors (Lipinski definition) is 0. The molecule has 0 atom stereocenters. The van der Waals surface area contributed by atoms with Crippen LogP contribution >= 0.6 is 0 Å². The van der Waals surface area contributed by atoms with Crippen molar-refractivity contribution in [2.75, 3.05) is 0 Å². The molecule has 1 fully saturated rings. The summed E-state index contributed by atoms with van der Waals surface area (Å²) in [6.45, 7) is 0. The summed E-state index contributed by atoms with van der Waals surface area (Å²) in [7, 11) is 0.